The molecule has 1 heterocycles. The van der Waals surface area contributed by atoms with Gasteiger partial charge in [-0.15, -0.1) is 0 Å². The normalized spacial score (nSPS) is 15.6. The maximum atomic E-state index is 14.2. The lowest BCUT2D eigenvalue weighted by Crippen LogP contribution is -2.65. The number of amides is 12. The van der Waals surface area contributed by atoms with Crippen LogP contribution in [0.3, 0.4) is 0 Å². The highest BCUT2D eigenvalue weighted by atomic mass is 16.6. The fraction of sp³-hybridized carbons (Fsp3) is 0.764. The van der Waals surface area contributed by atoms with Crippen molar-refractivity contribution in [2.24, 2.45) is 23.5 Å². The van der Waals surface area contributed by atoms with Crippen LogP contribution in [0.15, 0.2) is 0 Å². The predicted octanol–water partition coefficient (Wildman–Crippen LogP) is 0.102. The first kappa shape index (κ1) is 72.9. The fourth-order valence-electron chi connectivity index (χ4n) is 8.34. The number of hydrogen-bond donors (Lipinski definition) is 11. The van der Waals surface area contributed by atoms with E-state index in [1.165, 1.54) is 81.2 Å². The third-order valence-corrected chi connectivity index (χ3v) is 12.9. The molecule has 5 atom stereocenters. The van der Waals surface area contributed by atoms with E-state index in [9.17, 15) is 62.3 Å². The second-order valence-corrected chi connectivity index (χ2v) is 25.7. The number of esters is 1. The molecule has 1 fully saturated rings. The number of nitrogens with one attached hydrogen (secondary N) is 10. The Morgan fingerprint density at radius 1 is 0.549 bits per heavy atom. The number of nitrogens with two attached hydrogens (primary N) is 1. The van der Waals surface area contributed by atoms with Crippen LogP contribution in [0.25, 0.3) is 0 Å². The van der Waals surface area contributed by atoms with Crippen LogP contribution < -0.4 is 58.9 Å². The van der Waals surface area contributed by atoms with Crippen LogP contribution in [0.4, 0.5) is 4.79 Å². The zero-order valence-corrected chi connectivity index (χ0v) is 51.9. The van der Waals surface area contributed by atoms with Gasteiger partial charge >= 0.3 is 12.1 Å². The van der Waals surface area contributed by atoms with Crippen LogP contribution in [-0.4, -0.2) is 166 Å². The molecule has 12 N–H and O–H groups in total. The second kappa shape index (κ2) is 29.8. The van der Waals surface area contributed by atoms with Gasteiger partial charge in [-0.2, -0.15) is 0 Å². The molecule has 0 aromatic rings. The molecule has 1 aliphatic rings. The number of carbonyl (C=O) groups excluding carboxylic acids is 13. The van der Waals surface area contributed by atoms with Crippen molar-refractivity contribution in [3.05, 3.63) is 0 Å². The number of rotatable bonds is 29. The summed E-state index contributed by atoms with van der Waals surface area (Å²) in [4.78, 5) is 175. The van der Waals surface area contributed by atoms with Crippen molar-refractivity contribution >= 4 is 77.0 Å². The van der Waals surface area contributed by atoms with Gasteiger partial charge in [-0.25, -0.2) is 9.59 Å². The molecule has 0 saturated carbocycles. The Morgan fingerprint density at radius 3 is 1.49 bits per heavy atom. The van der Waals surface area contributed by atoms with E-state index in [0.29, 0.717) is 6.42 Å². The maximum absolute atomic E-state index is 14.2. The van der Waals surface area contributed by atoms with Crippen LogP contribution in [0.5, 0.6) is 0 Å². The van der Waals surface area contributed by atoms with Crippen LogP contribution in [-0.2, 0) is 67.0 Å². The smallest absolute Gasteiger partial charge is 0.408 e. The average molecular weight is 1170 g/mol. The minimum Gasteiger partial charge on any atom is -0.467 e. The van der Waals surface area contributed by atoms with E-state index in [1.807, 2.05) is 0 Å². The summed E-state index contributed by atoms with van der Waals surface area (Å²) < 4.78 is 10.0. The number of ether oxygens (including phenoxy) is 2. The Kier molecular flexibility index (Phi) is 26.5. The SMILES string of the molecule is COC(=O)C(C)(C)NC(=O)C(C)(C)NC(=O)[C@@H](NC(=O)[C@@H]1CCCN1C(=O)C(C)(C)NC(=O)[C@H](CC(C)C)NC(=O)CNC(=O)C(C)(C)NC(=O)[C@H](CC(C)C)NC(=O)C(C)(C)NC(=O)[C@H](CCC(N)=O)NC(=O)OC(C)(C)C)C(C)C. The van der Waals surface area contributed by atoms with Crippen molar-refractivity contribution in [3.8, 4) is 0 Å². The molecule has 1 rings (SSSR count). The Morgan fingerprint density at radius 2 is 1.01 bits per heavy atom. The van der Waals surface area contributed by atoms with Crippen molar-refractivity contribution < 1.29 is 71.8 Å². The van der Waals surface area contributed by atoms with Crippen LogP contribution in [0, 0.1) is 17.8 Å². The molecule has 0 aromatic heterocycles. The van der Waals surface area contributed by atoms with Gasteiger partial charge in [0.05, 0.1) is 13.7 Å². The summed E-state index contributed by atoms with van der Waals surface area (Å²) >= 11 is 0. The lowest BCUT2D eigenvalue weighted by Gasteiger charge is -2.35. The molecule has 82 heavy (non-hydrogen) atoms. The van der Waals surface area contributed by atoms with Gasteiger partial charge in [-0.05, 0) is 140 Å². The number of likely N-dealkylation sites (tertiary alicyclic amines) is 1. The monoisotopic (exact) mass is 1160 g/mol. The number of alkyl carbamates (subject to hydrolysis) is 1. The van der Waals surface area contributed by atoms with Crippen molar-refractivity contribution in [1.29, 1.82) is 0 Å². The van der Waals surface area contributed by atoms with E-state index in [4.69, 9.17) is 15.2 Å². The van der Waals surface area contributed by atoms with Gasteiger partial charge in [0.25, 0.3) is 0 Å². The lowest BCUT2D eigenvalue weighted by molar-refractivity contribution is -0.150. The highest BCUT2D eigenvalue weighted by Gasteiger charge is 2.45. The van der Waals surface area contributed by atoms with Gasteiger partial charge in [-0.1, -0.05) is 41.5 Å². The summed E-state index contributed by atoms with van der Waals surface area (Å²) in [6, 6.07) is -5.97. The van der Waals surface area contributed by atoms with Crippen LogP contribution in [0.1, 0.15) is 170 Å². The number of primary amides is 1. The summed E-state index contributed by atoms with van der Waals surface area (Å²) in [5, 5.41) is 25.9. The number of hydrogen-bond acceptors (Lipinski definition) is 15. The summed E-state index contributed by atoms with van der Waals surface area (Å²) in [6.07, 6.45) is -0.597. The predicted molar refractivity (Wildman–Crippen MR) is 302 cm³/mol. The third kappa shape index (κ3) is 23.4. The number of nitrogens with zero attached hydrogens (tertiary/aromatic N) is 1. The quantitative estimate of drug-likeness (QED) is 0.0443. The minimum atomic E-state index is -1.70. The summed E-state index contributed by atoms with van der Waals surface area (Å²) in [6.45, 7) is 29.0. The molecule has 466 valence electrons. The molecule has 27 nitrogen and oxygen atoms in total. The van der Waals surface area contributed by atoms with Gasteiger partial charge in [0.2, 0.25) is 65.0 Å². The summed E-state index contributed by atoms with van der Waals surface area (Å²) in [5.41, 5.74) is -3.60. The molecule has 0 aliphatic carbocycles. The molecular formula is C55H96N12O15. The zero-order chi connectivity index (χ0) is 63.8. The first-order chi connectivity index (χ1) is 37.2. The van der Waals surface area contributed by atoms with E-state index >= 15 is 0 Å². The molecule has 0 unspecified atom stereocenters. The molecule has 0 aromatic carbocycles. The van der Waals surface area contributed by atoms with Gasteiger partial charge < -0.3 is 73.3 Å². The highest BCUT2D eigenvalue weighted by Crippen LogP contribution is 2.24. The average Bonchev–Trinajstić information content (AvgIpc) is 3.85. The van der Waals surface area contributed by atoms with E-state index in [1.54, 1.807) is 62.3 Å². The van der Waals surface area contributed by atoms with E-state index in [2.05, 4.69) is 53.2 Å². The minimum absolute atomic E-state index is 0.0854. The zero-order valence-electron chi connectivity index (χ0n) is 51.9. The molecule has 1 saturated heterocycles. The molecular weight excluding hydrogens is 1070 g/mol. The molecule has 0 spiro atoms. The summed E-state index contributed by atoms with van der Waals surface area (Å²) in [7, 11) is 1.17. The van der Waals surface area contributed by atoms with E-state index in [-0.39, 0.29) is 50.5 Å². The molecule has 0 bridgehead atoms. The van der Waals surface area contributed by atoms with E-state index < -0.39 is 153 Å². The Labute approximate surface area is 482 Å². The molecule has 12 amide bonds. The Hall–Kier alpha value is -7.09. The highest BCUT2D eigenvalue weighted by molar-refractivity contribution is 6.01. The fourth-order valence-corrected chi connectivity index (χ4v) is 8.34. The topological polar surface area (TPSA) is 390 Å². The van der Waals surface area contributed by atoms with Crippen LogP contribution >= 0.6 is 0 Å². The van der Waals surface area contributed by atoms with Gasteiger partial charge in [0.15, 0.2) is 0 Å². The first-order valence-electron chi connectivity index (χ1n) is 27.7. The standard InChI is InChI=1S/C55H96N12O15/c1-29(2)26-33(40(71)64-54(16,17)47(78)67-25-21-22-35(67)42(73)61-38(31(5)6)43(74)65-53(14,15)46(77)66-55(18,19)48(79)81-20)58-37(69)28-57-44(75)51(10,11)63-41(72)34(27-30(3)4)59-45(76)52(12,13)62-39(70)32(23-24-36(56)68)60-49(80)82-50(7,8)9/h29-35,38H,21-28H2,1-20H3,(H2,56,68)(H,57,75)(H,58,69)(H,59,76)(H,60,80)(H,61,73)(H,62,70)(H,63,72)(H,64,71)(H,65,74)(H,66,77)/t32-,33-,34-,35-,38-/m0/s1. The van der Waals surface area contributed by atoms with Gasteiger partial charge in [0, 0.05) is 13.0 Å². The van der Waals surface area contributed by atoms with Crippen molar-refractivity contribution in [3.63, 3.8) is 0 Å². The number of carbonyl (C=O) groups is 13. The van der Waals surface area contributed by atoms with Gasteiger partial charge in [0.1, 0.15) is 63.5 Å². The largest absolute Gasteiger partial charge is 0.467 e. The molecule has 27 heteroatoms. The van der Waals surface area contributed by atoms with Crippen molar-refractivity contribution in [2.45, 2.75) is 234 Å². The second-order valence-electron chi connectivity index (χ2n) is 25.7. The Bertz CT molecular complexity index is 2370. The third-order valence-electron chi connectivity index (χ3n) is 12.9. The molecule has 0 radical (unpaired) electrons. The van der Waals surface area contributed by atoms with Crippen LogP contribution in [0.2, 0.25) is 0 Å². The Balaban J connectivity index is 3.13. The molecule has 1 aliphatic heterocycles. The van der Waals surface area contributed by atoms with Crippen molar-refractivity contribution in [1.82, 2.24) is 58.1 Å². The number of methoxy groups -OCH3 is 1. The summed E-state index contributed by atoms with van der Waals surface area (Å²) in [5.74, 6) is -9.67. The van der Waals surface area contributed by atoms with Gasteiger partial charge in [-0.3, -0.25) is 52.7 Å². The first-order valence-corrected chi connectivity index (χ1v) is 27.7. The lowest BCUT2D eigenvalue weighted by atomic mass is 9.97. The van der Waals surface area contributed by atoms with Crippen molar-refractivity contribution in [2.75, 3.05) is 20.2 Å². The maximum Gasteiger partial charge on any atom is 0.408 e. The van der Waals surface area contributed by atoms with E-state index in [0.717, 1.165) is 0 Å².